The molecule has 206 valence electrons. The summed E-state index contributed by atoms with van der Waals surface area (Å²) in [7, 11) is 1.62. The fraction of sp³-hybridized carbons (Fsp3) is 0.323. The average molecular weight is 542 g/mol. The number of methoxy groups -OCH3 is 1. The second kappa shape index (κ2) is 10.9. The molecule has 3 heterocycles. The zero-order chi connectivity index (χ0) is 27.6. The monoisotopic (exact) mass is 541 g/mol. The number of carbonyl (C=O) groups excluding carboxylic acids is 3. The first-order valence-corrected chi connectivity index (χ1v) is 13.5. The van der Waals surface area contributed by atoms with Crippen LogP contribution in [0.25, 0.3) is 0 Å². The van der Waals surface area contributed by atoms with Crippen molar-refractivity contribution in [2.75, 3.05) is 38.3 Å². The molecule has 0 aliphatic carbocycles. The van der Waals surface area contributed by atoms with Crippen LogP contribution in [-0.4, -0.2) is 62.1 Å². The molecule has 9 heteroatoms. The van der Waals surface area contributed by atoms with E-state index in [0.29, 0.717) is 47.9 Å². The van der Waals surface area contributed by atoms with Crippen LogP contribution >= 0.6 is 0 Å². The molecule has 1 saturated heterocycles. The van der Waals surface area contributed by atoms with E-state index in [1.165, 1.54) is 4.90 Å². The third-order valence-corrected chi connectivity index (χ3v) is 7.69. The quantitative estimate of drug-likeness (QED) is 0.456. The van der Waals surface area contributed by atoms with Crippen molar-refractivity contribution in [3.05, 3.63) is 83.4 Å². The first-order valence-electron chi connectivity index (χ1n) is 13.5. The lowest BCUT2D eigenvalue weighted by Crippen LogP contribution is -2.44. The summed E-state index contributed by atoms with van der Waals surface area (Å²) in [5, 5.41) is 3.04. The highest BCUT2D eigenvalue weighted by molar-refractivity contribution is 6.23. The molecule has 1 N–H and O–H groups in total. The Kier molecular flexibility index (Phi) is 7.02. The van der Waals surface area contributed by atoms with Gasteiger partial charge in [0.1, 0.15) is 12.4 Å². The normalized spacial score (nSPS) is 19.8. The van der Waals surface area contributed by atoms with Crippen molar-refractivity contribution < 1.29 is 28.6 Å². The van der Waals surface area contributed by atoms with E-state index in [2.05, 4.69) is 10.2 Å². The highest BCUT2D eigenvalue weighted by atomic mass is 16.6. The van der Waals surface area contributed by atoms with Gasteiger partial charge in [-0.2, -0.15) is 0 Å². The van der Waals surface area contributed by atoms with Crippen molar-refractivity contribution in [2.45, 2.75) is 25.5 Å². The van der Waals surface area contributed by atoms with Crippen LogP contribution in [0.4, 0.5) is 5.69 Å². The molecule has 0 radical (unpaired) electrons. The number of ether oxygens (including phenoxy) is 3. The van der Waals surface area contributed by atoms with Gasteiger partial charge in [-0.25, -0.2) is 0 Å². The van der Waals surface area contributed by atoms with Crippen LogP contribution in [0.5, 0.6) is 17.2 Å². The second-order valence-electron chi connectivity index (χ2n) is 10.3. The lowest BCUT2D eigenvalue weighted by Gasteiger charge is -2.34. The molecule has 40 heavy (non-hydrogen) atoms. The van der Waals surface area contributed by atoms with Gasteiger partial charge in [-0.05, 0) is 54.8 Å². The zero-order valence-electron chi connectivity index (χ0n) is 22.3. The first-order chi connectivity index (χ1) is 19.5. The molecule has 3 aromatic carbocycles. The number of nitrogens with one attached hydrogen (secondary N) is 1. The Morgan fingerprint density at radius 2 is 1.80 bits per heavy atom. The molecule has 2 unspecified atom stereocenters. The molecule has 0 aromatic heterocycles. The summed E-state index contributed by atoms with van der Waals surface area (Å²) in [5.41, 5.74) is 2.45. The second-order valence-corrected chi connectivity index (χ2v) is 10.3. The zero-order valence-corrected chi connectivity index (χ0v) is 22.3. The summed E-state index contributed by atoms with van der Waals surface area (Å²) in [5.74, 6) is 1.09. The van der Waals surface area contributed by atoms with E-state index in [-0.39, 0.29) is 36.8 Å². The Labute approximate surface area is 232 Å². The number of benzene rings is 3. The van der Waals surface area contributed by atoms with E-state index in [9.17, 15) is 14.4 Å². The van der Waals surface area contributed by atoms with Crippen molar-refractivity contribution in [1.29, 1.82) is 0 Å². The number of rotatable bonds is 7. The van der Waals surface area contributed by atoms with E-state index in [1.54, 1.807) is 19.2 Å². The van der Waals surface area contributed by atoms with Gasteiger partial charge in [0.05, 0.1) is 36.4 Å². The lowest BCUT2D eigenvalue weighted by atomic mass is 9.95. The van der Waals surface area contributed by atoms with Gasteiger partial charge < -0.3 is 24.4 Å². The number of amides is 3. The Hall–Kier alpha value is -4.53. The highest BCUT2D eigenvalue weighted by Gasteiger charge is 2.41. The largest absolute Gasteiger partial charge is 0.497 e. The van der Waals surface area contributed by atoms with E-state index in [1.807, 2.05) is 54.6 Å². The molecule has 3 aliphatic heterocycles. The standard InChI is InChI=1S/C31H31N3O6/c1-38-22-13-11-20(12-14-22)16-32-29(35)21-6-5-15-33(17-21)25-8-4-7-24-28(25)31(37)34(30(24)36)18-23-19-39-26-9-2-3-10-27(26)40-23/h2-4,7-14,21,23H,5-6,15-19H2,1H3,(H,32,35). The van der Waals surface area contributed by atoms with Crippen molar-refractivity contribution in [2.24, 2.45) is 5.92 Å². The summed E-state index contributed by atoms with van der Waals surface area (Å²) in [6.45, 7) is 1.95. The van der Waals surface area contributed by atoms with Gasteiger partial charge in [0.15, 0.2) is 17.6 Å². The lowest BCUT2D eigenvalue weighted by molar-refractivity contribution is -0.125. The molecule has 0 saturated carbocycles. The average Bonchev–Trinajstić information content (AvgIpc) is 3.25. The van der Waals surface area contributed by atoms with E-state index in [0.717, 1.165) is 24.2 Å². The first kappa shape index (κ1) is 25.7. The molecule has 2 atom stereocenters. The molecule has 3 aliphatic rings. The van der Waals surface area contributed by atoms with E-state index in [4.69, 9.17) is 14.2 Å². The molecule has 3 amide bonds. The molecule has 3 aromatic rings. The van der Waals surface area contributed by atoms with Gasteiger partial charge in [-0.1, -0.05) is 30.3 Å². The van der Waals surface area contributed by atoms with Crippen molar-refractivity contribution in [1.82, 2.24) is 10.2 Å². The Balaban J connectivity index is 1.13. The minimum Gasteiger partial charge on any atom is -0.497 e. The number of hydrogen-bond acceptors (Lipinski definition) is 7. The number of anilines is 1. The third-order valence-electron chi connectivity index (χ3n) is 7.69. The van der Waals surface area contributed by atoms with Gasteiger partial charge in [0.25, 0.3) is 11.8 Å². The van der Waals surface area contributed by atoms with Gasteiger partial charge in [-0.15, -0.1) is 0 Å². The number of imide groups is 1. The fourth-order valence-corrected chi connectivity index (χ4v) is 5.59. The van der Waals surface area contributed by atoms with Gasteiger partial charge in [0.2, 0.25) is 5.91 Å². The SMILES string of the molecule is COc1ccc(CNC(=O)C2CCCN(c3cccc4c3C(=O)N(CC3COc5ccccc5O3)C4=O)C2)cc1. The van der Waals surface area contributed by atoms with Crippen LogP contribution in [0.2, 0.25) is 0 Å². The van der Waals surface area contributed by atoms with Crippen LogP contribution in [0.3, 0.4) is 0 Å². The molecule has 1 fully saturated rings. The summed E-state index contributed by atoms with van der Waals surface area (Å²) < 4.78 is 17.0. The molecule has 6 rings (SSSR count). The maximum atomic E-state index is 13.6. The van der Waals surface area contributed by atoms with Gasteiger partial charge >= 0.3 is 0 Å². The third kappa shape index (κ3) is 4.95. The summed E-state index contributed by atoms with van der Waals surface area (Å²) in [6.07, 6.45) is 1.11. The maximum Gasteiger partial charge on any atom is 0.263 e. The number of hydrogen-bond donors (Lipinski definition) is 1. The Morgan fingerprint density at radius 1 is 1.00 bits per heavy atom. The van der Waals surface area contributed by atoms with Crippen LogP contribution < -0.4 is 24.4 Å². The molecular formula is C31H31N3O6. The number of nitrogens with zero attached hydrogens (tertiary/aromatic N) is 2. The number of para-hydroxylation sites is 2. The van der Waals surface area contributed by atoms with Crippen LogP contribution in [-0.2, 0) is 11.3 Å². The van der Waals surface area contributed by atoms with Crippen LogP contribution in [0.15, 0.2) is 66.7 Å². The van der Waals surface area contributed by atoms with E-state index < -0.39 is 6.10 Å². The van der Waals surface area contributed by atoms with Crippen molar-refractivity contribution >= 4 is 23.4 Å². The van der Waals surface area contributed by atoms with Gasteiger partial charge in [0, 0.05) is 19.6 Å². The van der Waals surface area contributed by atoms with Gasteiger partial charge in [-0.3, -0.25) is 19.3 Å². The molecule has 0 bridgehead atoms. The minimum absolute atomic E-state index is 0.0214. The smallest absolute Gasteiger partial charge is 0.263 e. The predicted octanol–water partition coefficient (Wildman–Crippen LogP) is 3.66. The van der Waals surface area contributed by atoms with Crippen LogP contribution in [0, 0.1) is 5.92 Å². The van der Waals surface area contributed by atoms with Crippen molar-refractivity contribution in [3.8, 4) is 17.2 Å². The fourth-order valence-electron chi connectivity index (χ4n) is 5.59. The number of piperidine rings is 1. The Morgan fingerprint density at radius 3 is 2.60 bits per heavy atom. The number of fused-ring (bicyclic) bond motifs is 2. The number of carbonyl (C=O) groups is 3. The molecule has 9 nitrogen and oxygen atoms in total. The Bertz CT molecular complexity index is 1440. The molecule has 0 spiro atoms. The van der Waals surface area contributed by atoms with Crippen LogP contribution in [0.1, 0.15) is 39.1 Å². The maximum absolute atomic E-state index is 13.6. The van der Waals surface area contributed by atoms with E-state index >= 15 is 0 Å². The topological polar surface area (TPSA) is 97.4 Å². The minimum atomic E-state index is -0.464. The van der Waals surface area contributed by atoms with Crippen molar-refractivity contribution in [3.63, 3.8) is 0 Å². The summed E-state index contributed by atoms with van der Waals surface area (Å²) in [4.78, 5) is 43.3. The molecular weight excluding hydrogens is 510 g/mol. The predicted molar refractivity (Wildman–Crippen MR) is 148 cm³/mol. The highest BCUT2D eigenvalue weighted by Crippen LogP contribution is 2.36. The summed E-state index contributed by atoms with van der Waals surface area (Å²) in [6, 6.07) is 20.3. The summed E-state index contributed by atoms with van der Waals surface area (Å²) >= 11 is 0.